The molecular weight excluding hydrogens is 248 g/mol. The lowest BCUT2D eigenvalue weighted by Gasteiger charge is -2.16. The number of aromatic nitrogens is 2. The van der Waals surface area contributed by atoms with E-state index in [4.69, 9.17) is 17.3 Å². The Labute approximate surface area is 111 Å². The predicted octanol–water partition coefficient (Wildman–Crippen LogP) is 2.22. The normalized spacial score (nSPS) is 12.3. The molecule has 0 saturated carbocycles. The van der Waals surface area contributed by atoms with Gasteiger partial charge in [0, 0.05) is 12.4 Å². The Morgan fingerprint density at radius 1 is 1.33 bits per heavy atom. The molecule has 4 nitrogen and oxygen atoms in total. The molecule has 2 heterocycles. The molecule has 0 aliphatic heterocycles. The number of halogens is 1. The lowest BCUT2D eigenvalue weighted by atomic mass is 10.0. The maximum Gasteiger partial charge on any atom is 0.126 e. The number of pyridine rings is 2. The standard InChI is InChI=1S/C13H15ClN4/c1-16-12(11-5-4-10(14)8-18-11)7-9-3-2-6-17-13(9)15/h2-6,8,12,16H,7H2,1H3,(H2,15,17). The minimum absolute atomic E-state index is 0.0915. The van der Waals surface area contributed by atoms with Gasteiger partial charge in [0.1, 0.15) is 5.82 Å². The Bertz CT molecular complexity index is 513. The Morgan fingerprint density at radius 3 is 2.78 bits per heavy atom. The van der Waals surface area contributed by atoms with Crippen molar-refractivity contribution < 1.29 is 0 Å². The molecule has 0 aliphatic rings. The van der Waals surface area contributed by atoms with Crippen LogP contribution < -0.4 is 11.1 Å². The fourth-order valence-corrected chi connectivity index (χ4v) is 1.90. The first-order chi connectivity index (χ1) is 8.70. The van der Waals surface area contributed by atoms with E-state index in [9.17, 15) is 0 Å². The second-order valence-corrected chi connectivity index (χ2v) is 4.43. The van der Waals surface area contributed by atoms with Crippen molar-refractivity contribution in [1.29, 1.82) is 0 Å². The lowest BCUT2D eigenvalue weighted by Crippen LogP contribution is -2.20. The summed E-state index contributed by atoms with van der Waals surface area (Å²) in [6.45, 7) is 0. The number of rotatable bonds is 4. The topological polar surface area (TPSA) is 63.8 Å². The molecule has 1 atom stereocenters. The van der Waals surface area contributed by atoms with Crippen molar-refractivity contribution in [2.24, 2.45) is 0 Å². The lowest BCUT2D eigenvalue weighted by molar-refractivity contribution is 0.576. The summed E-state index contributed by atoms with van der Waals surface area (Å²) in [5, 5.41) is 3.86. The largest absolute Gasteiger partial charge is 0.383 e. The fourth-order valence-electron chi connectivity index (χ4n) is 1.79. The molecule has 2 aromatic heterocycles. The van der Waals surface area contributed by atoms with Crippen molar-refractivity contribution in [2.75, 3.05) is 12.8 Å². The average molecular weight is 263 g/mol. The van der Waals surface area contributed by atoms with E-state index in [-0.39, 0.29) is 6.04 Å². The van der Waals surface area contributed by atoms with Gasteiger partial charge in [-0.2, -0.15) is 0 Å². The Morgan fingerprint density at radius 2 is 2.17 bits per heavy atom. The molecule has 0 aliphatic carbocycles. The molecule has 0 spiro atoms. The van der Waals surface area contributed by atoms with E-state index in [1.165, 1.54) is 0 Å². The van der Waals surface area contributed by atoms with Gasteiger partial charge in [0.25, 0.3) is 0 Å². The summed E-state index contributed by atoms with van der Waals surface area (Å²) in [6.07, 6.45) is 4.08. The molecule has 0 radical (unpaired) electrons. The zero-order chi connectivity index (χ0) is 13.0. The number of likely N-dealkylation sites (N-methyl/N-ethyl adjacent to an activating group) is 1. The first-order valence-electron chi connectivity index (χ1n) is 5.69. The van der Waals surface area contributed by atoms with E-state index in [0.717, 1.165) is 17.7 Å². The molecule has 0 aromatic carbocycles. The molecular formula is C13H15ClN4. The number of nitrogens with two attached hydrogens (primary N) is 1. The molecule has 0 saturated heterocycles. The van der Waals surface area contributed by atoms with Crippen LogP contribution in [0, 0.1) is 0 Å². The Hall–Kier alpha value is -1.65. The molecule has 0 fully saturated rings. The fraction of sp³-hybridized carbons (Fsp3) is 0.231. The molecule has 94 valence electrons. The summed E-state index contributed by atoms with van der Waals surface area (Å²) < 4.78 is 0. The van der Waals surface area contributed by atoms with Crippen LogP contribution in [0.4, 0.5) is 5.82 Å². The predicted molar refractivity (Wildman–Crippen MR) is 73.4 cm³/mol. The van der Waals surface area contributed by atoms with E-state index in [1.54, 1.807) is 12.4 Å². The molecule has 2 rings (SSSR count). The zero-order valence-electron chi connectivity index (χ0n) is 10.1. The van der Waals surface area contributed by atoms with Crippen LogP contribution in [0.25, 0.3) is 0 Å². The van der Waals surface area contributed by atoms with E-state index in [2.05, 4.69) is 15.3 Å². The van der Waals surface area contributed by atoms with E-state index < -0.39 is 0 Å². The van der Waals surface area contributed by atoms with Gasteiger partial charge in [-0.1, -0.05) is 17.7 Å². The zero-order valence-corrected chi connectivity index (χ0v) is 10.9. The van der Waals surface area contributed by atoms with E-state index >= 15 is 0 Å². The monoisotopic (exact) mass is 262 g/mol. The summed E-state index contributed by atoms with van der Waals surface area (Å²) in [6, 6.07) is 7.70. The van der Waals surface area contributed by atoms with Gasteiger partial charge in [0.15, 0.2) is 0 Å². The summed E-state index contributed by atoms with van der Waals surface area (Å²) in [5.74, 6) is 0.562. The van der Waals surface area contributed by atoms with Crippen molar-refractivity contribution in [1.82, 2.24) is 15.3 Å². The van der Waals surface area contributed by atoms with Gasteiger partial charge < -0.3 is 11.1 Å². The van der Waals surface area contributed by atoms with Crippen LogP contribution in [0.3, 0.4) is 0 Å². The highest BCUT2D eigenvalue weighted by Crippen LogP contribution is 2.20. The minimum atomic E-state index is 0.0915. The molecule has 3 N–H and O–H groups in total. The quantitative estimate of drug-likeness (QED) is 0.887. The van der Waals surface area contributed by atoms with Gasteiger partial charge in [-0.3, -0.25) is 4.98 Å². The van der Waals surface area contributed by atoms with Crippen LogP contribution in [0.1, 0.15) is 17.3 Å². The number of nitrogen functional groups attached to an aromatic ring is 1. The van der Waals surface area contributed by atoms with Gasteiger partial charge in [-0.05, 0) is 37.2 Å². The maximum atomic E-state index is 5.85. The third kappa shape index (κ3) is 2.97. The SMILES string of the molecule is CNC(Cc1cccnc1N)c1ccc(Cl)cn1. The first-order valence-corrected chi connectivity index (χ1v) is 6.06. The molecule has 0 amide bonds. The van der Waals surface area contributed by atoms with Gasteiger partial charge in [0.05, 0.1) is 16.8 Å². The smallest absolute Gasteiger partial charge is 0.126 e. The average Bonchev–Trinajstić information content (AvgIpc) is 2.39. The van der Waals surface area contributed by atoms with Crippen molar-refractivity contribution >= 4 is 17.4 Å². The van der Waals surface area contributed by atoms with Gasteiger partial charge >= 0.3 is 0 Å². The third-order valence-electron chi connectivity index (χ3n) is 2.81. The summed E-state index contributed by atoms with van der Waals surface area (Å²) >= 11 is 5.83. The van der Waals surface area contributed by atoms with Crippen LogP contribution >= 0.6 is 11.6 Å². The number of nitrogens with zero attached hydrogens (tertiary/aromatic N) is 2. The highest BCUT2D eigenvalue weighted by molar-refractivity contribution is 6.30. The number of nitrogens with one attached hydrogen (secondary N) is 1. The van der Waals surface area contributed by atoms with Crippen LogP contribution in [0.2, 0.25) is 5.02 Å². The maximum absolute atomic E-state index is 5.85. The number of hydrogen-bond donors (Lipinski definition) is 2. The van der Waals surface area contributed by atoms with Crippen molar-refractivity contribution in [3.05, 3.63) is 52.9 Å². The van der Waals surface area contributed by atoms with Crippen LogP contribution in [0.5, 0.6) is 0 Å². The molecule has 18 heavy (non-hydrogen) atoms. The summed E-state index contributed by atoms with van der Waals surface area (Å²) in [4.78, 5) is 8.40. The minimum Gasteiger partial charge on any atom is -0.383 e. The van der Waals surface area contributed by atoms with Gasteiger partial charge in [-0.15, -0.1) is 0 Å². The Kier molecular flexibility index (Phi) is 4.12. The summed E-state index contributed by atoms with van der Waals surface area (Å²) in [5.41, 5.74) is 7.79. The summed E-state index contributed by atoms with van der Waals surface area (Å²) in [7, 11) is 1.90. The second-order valence-electron chi connectivity index (χ2n) is 3.99. The van der Waals surface area contributed by atoms with Crippen LogP contribution in [0.15, 0.2) is 36.7 Å². The van der Waals surface area contributed by atoms with Crippen molar-refractivity contribution in [2.45, 2.75) is 12.5 Å². The van der Waals surface area contributed by atoms with Gasteiger partial charge in [-0.25, -0.2) is 4.98 Å². The Balaban J connectivity index is 2.20. The highest BCUT2D eigenvalue weighted by Gasteiger charge is 2.13. The molecule has 5 heteroatoms. The first kappa shape index (κ1) is 12.8. The van der Waals surface area contributed by atoms with Crippen molar-refractivity contribution in [3.63, 3.8) is 0 Å². The van der Waals surface area contributed by atoms with Crippen molar-refractivity contribution in [3.8, 4) is 0 Å². The van der Waals surface area contributed by atoms with Crippen LogP contribution in [-0.4, -0.2) is 17.0 Å². The highest BCUT2D eigenvalue weighted by atomic mass is 35.5. The van der Waals surface area contributed by atoms with E-state index in [0.29, 0.717) is 10.8 Å². The number of hydrogen-bond acceptors (Lipinski definition) is 4. The molecule has 2 aromatic rings. The molecule has 1 unspecified atom stereocenters. The van der Waals surface area contributed by atoms with Crippen LogP contribution in [-0.2, 0) is 6.42 Å². The third-order valence-corrected chi connectivity index (χ3v) is 3.03. The number of anilines is 1. The van der Waals surface area contributed by atoms with Gasteiger partial charge in [0.2, 0.25) is 0 Å². The molecule has 0 bridgehead atoms. The van der Waals surface area contributed by atoms with E-state index in [1.807, 2.05) is 31.3 Å². The second kappa shape index (κ2) is 5.80.